The number of fused-ring (bicyclic) bond motifs is 2. The molecule has 412 valence electrons. The van der Waals surface area contributed by atoms with Crippen LogP contribution in [0, 0.1) is 25.7 Å². The number of methoxy groups -OCH3 is 4. The number of Topliss-reactive ketones (excluding diaryl/α,β-unsaturated/α-hetero) is 2. The highest BCUT2D eigenvalue weighted by molar-refractivity contribution is 6.32. The average molecular weight is 1110 g/mol. The fourth-order valence-corrected chi connectivity index (χ4v) is 8.72. The summed E-state index contributed by atoms with van der Waals surface area (Å²) in [4.78, 5) is 63.1. The van der Waals surface area contributed by atoms with Gasteiger partial charge in [-0.2, -0.15) is 10.2 Å². The number of carbonyl (C=O) groups excluding carboxylic acids is 4. The van der Waals surface area contributed by atoms with Gasteiger partial charge < -0.3 is 39.1 Å². The molecule has 78 heavy (non-hydrogen) atoms. The number of pyridine rings is 2. The number of carbonyl (C=O) groups is 4. The number of benzene rings is 2. The Morgan fingerprint density at radius 1 is 0.628 bits per heavy atom. The smallest absolute Gasteiger partial charge is 0.274 e. The molecule has 0 unspecified atom stereocenters. The number of ketones is 2. The van der Waals surface area contributed by atoms with Crippen LogP contribution >= 0.6 is 23.2 Å². The number of hydrogen-bond acceptors (Lipinski definition) is 16. The Morgan fingerprint density at radius 3 is 1.60 bits per heavy atom. The number of halogens is 2. The maximum absolute atomic E-state index is 13.7. The SMILES string of the molecule is COCCOCn1cc2cc(C)c(NC(=O)c3cc(OC)nn3-c3ncccc3Cl)c(C(=O)CC(C)C)c2n1.COCCOCn1ncc2cc(C)c(NC(=O)c3cc(OC)nn3-c3ncccc3Cl)c(C(=O)CC(C)C)c21. The lowest BCUT2D eigenvalue weighted by atomic mass is 9.95. The summed E-state index contributed by atoms with van der Waals surface area (Å²) in [6.45, 7) is 13.5. The Hall–Kier alpha value is -7.60. The zero-order valence-corrected chi connectivity index (χ0v) is 46.6. The van der Waals surface area contributed by atoms with Crippen LogP contribution in [0.5, 0.6) is 11.8 Å². The van der Waals surface area contributed by atoms with E-state index in [1.165, 1.54) is 35.7 Å². The van der Waals surface area contributed by atoms with E-state index in [1.54, 1.807) is 66.4 Å². The molecular formula is C54H62Cl2N12O10. The Labute approximate surface area is 460 Å². The number of ether oxygens (including phenoxy) is 6. The molecule has 2 amide bonds. The molecule has 2 N–H and O–H groups in total. The molecule has 8 aromatic rings. The van der Waals surface area contributed by atoms with Gasteiger partial charge in [-0.25, -0.2) is 28.7 Å². The van der Waals surface area contributed by atoms with Crippen molar-refractivity contribution in [1.82, 2.24) is 49.1 Å². The molecule has 6 aromatic heterocycles. The van der Waals surface area contributed by atoms with Crippen LogP contribution in [-0.2, 0) is 32.4 Å². The highest BCUT2D eigenvalue weighted by atomic mass is 35.5. The zero-order chi connectivity index (χ0) is 56.2. The van der Waals surface area contributed by atoms with E-state index in [-0.39, 0.29) is 84.5 Å². The first-order valence-electron chi connectivity index (χ1n) is 24.8. The van der Waals surface area contributed by atoms with Gasteiger partial charge >= 0.3 is 0 Å². The van der Waals surface area contributed by atoms with Gasteiger partial charge in [0.1, 0.15) is 30.4 Å². The summed E-state index contributed by atoms with van der Waals surface area (Å²) in [6, 6.07) is 13.4. The van der Waals surface area contributed by atoms with Crippen molar-refractivity contribution in [2.45, 2.75) is 67.8 Å². The van der Waals surface area contributed by atoms with Crippen LogP contribution in [0.15, 0.2) is 73.3 Å². The standard InChI is InChI=1S/2C27H31ClN6O5/c1-16(2)11-21(35)23-24(17(3)12-18-14-33(32-25(18)23)15-39-10-9-37-4)30-27(36)20-13-22(38-5)31-34(20)26-19(28)7-6-8-29-26;1-16(2)11-21(35)23-24(17(3)12-18-14-30-33(25(18)23)15-39-10-9-37-4)31-27(36)20-13-22(38-5)32-34(20)26-19(28)7-6-8-29-26/h6-8,12-14,16H,9-11,15H2,1-5H3,(H,30,36);6-8,12-14,16H,9-11,15H2,1-5H3,(H,31,36). The van der Waals surface area contributed by atoms with E-state index in [0.29, 0.717) is 81.1 Å². The minimum atomic E-state index is -0.518. The topological polar surface area (TPSA) is 245 Å². The first-order chi connectivity index (χ1) is 37.5. The van der Waals surface area contributed by atoms with Gasteiger partial charge in [-0.15, -0.1) is 10.2 Å². The normalized spacial score (nSPS) is 11.4. The molecule has 6 heterocycles. The molecule has 24 heteroatoms. The number of amides is 2. The van der Waals surface area contributed by atoms with Crippen LogP contribution in [0.25, 0.3) is 33.4 Å². The third kappa shape index (κ3) is 13.6. The molecule has 0 aliphatic heterocycles. The van der Waals surface area contributed by atoms with Crippen LogP contribution < -0.4 is 20.1 Å². The van der Waals surface area contributed by atoms with E-state index >= 15 is 0 Å². The summed E-state index contributed by atoms with van der Waals surface area (Å²) in [5.41, 5.74) is 4.21. The first-order valence-corrected chi connectivity index (χ1v) is 25.6. The maximum Gasteiger partial charge on any atom is 0.274 e. The molecule has 0 bridgehead atoms. The highest BCUT2D eigenvalue weighted by Crippen LogP contribution is 2.35. The average Bonchev–Trinajstić information content (AvgIpc) is 4.37. The number of anilines is 2. The van der Waals surface area contributed by atoms with Crippen molar-refractivity contribution in [1.29, 1.82) is 0 Å². The summed E-state index contributed by atoms with van der Waals surface area (Å²) in [5.74, 6) is -0.133. The van der Waals surface area contributed by atoms with E-state index in [9.17, 15) is 19.2 Å². The number of aryl methyl sites for hydroxylation is 2. The fourth-order valence-electron chi connectivity index (χ4n) is 8.31. The molecule has 0 fully saturated rings. The molecule has 0 aliphatic carbocycles. The number of aromatic nitrogens is 10. The second-order valence-corrected chi connectivity index (χ2v) is 19.5. The van der Waals surface area contributed by atoms with Crippen molar-refractivity contribution < 1.29 is 47.6 Å². The van der Waals surface area contributed by atoms with Gasteiger partial charge in [0.15, 0.2) is 23.2 Å². The van der Waals surface area contributed by atoms with E-state index in [2.05, 4.69) is 41.0 Å². The molecule has 0 radical (unpaired) electrons. The number of hydrogen-bond donors (Lipinski definition) is 2. The number of nitrogens with zero attached hydrogens (tertiary/aromatic N) is 10. The maximum atomic E-state index is 13.7. The quantitative estimate of drug-likeness (QED) is 0.0423. The second-order valence-electron chi connectivity index (χ2n) is 18.7. The van der Waals surface area contributed by atoms with Gasteiger partial charge in [-0.05, 0) is 73.2 Å². The Bertz CT molecular complexity index is 3430. The molecule has 0 aliphatic rings. The molecule has 2 aromatic carbocycles. The Balaban J connectivity index is 0.000000226. The van der Waals surface area contributed by atoms with Gasteiger partial charge in [-0.1, -0.05) is 50.9 Å². The van der Waals surface area contributed by atoms with Crippen molar-refractivity contribution in [2.75, 3.05) is 65.5 Å². The summed E-state index contributed by atoms with van der Waals surface area (Å²) in [5, 5.41) is 25.7. The van der Waals surface area contributed by atoms with E-state index in [0.717, 1.165) is 10.8 Å². The third-order valence-electron chi connectivity index (χ3n) is 11.8. The minimum Gasteiger partial charge on any atom is -0.480 e. The Kier molecular flexibility index (Phi) is 19.8. The largest absolute Gasteiger partial charge is 0.480 e. The second kappa shape index (κ2) is 26.6. The molecule has 22 nitrogen and oxygen atoms in total. The van der Waals surface area contributed by atoms with Crippen molar-refractivity contribution in [3.63, 3.8) is 0 Å². The van der Waals surface area contributed by atoms with Crippen molar-refractivity contribution in [3.05, 3.63) is 117 Å². The van der Waals surface area contributed by atoms with Gasteiger partial charge in [0, 0.05) is 68.6 Å². The molecule has 0 spiro atoms. The fraction of sp³-hybridized carbons (Fsp3) is 0.370. The Morgan fingerprint density at radius 2 is 1.12 bits per heavy atom. The van der Waals surface area contributed by atoms with E-state index < -0.39 is 11.8 Å². The number of nitrogens with one attached hydrogen (secondary N) is 2. The van der Waals surface area contributed by atoms with Crippen molar-refractivity contribution >= 4 is 79.8 Å². The van der Waals surface area contributed by atoms with Crippen LogP contribution in [0.4, 0.5) is 11.4 Å². The van der Waals surface area contributed by atoms with Crippen molar-refractivity contribution in [3.8, 4) is 23.4 Å². The highest BCUT2D eigenvalue weighted by Gasteiger charge is 2.28. The zero-order valence-electron chi connectivity index (χ0n) is 45.1. The first kappa shape index (κ1) is 58.1. The van der Waals surface area contributed by atoms with E-state index in [1.807, 2.05) is 59.9 Å². The molecule has 8 rings (SSSR count). The molecule has 0 atom stereocenters. The molecule has 0 saturated heterocycles. The lowest BCUT2D eigenvalue weighted by Crippen LogP contribution is -2.21. The minimum absolute atomic E-state index is 0.0999. The van der Waals surface area contributed by atoms with Crippen LogP contribution in [0.1, 0.15) is 93.4 Å². The predicted octanol–water partition coefficient (Wildman–Crippen LogP) is 9.38. The van der Waals surface area contributed by atoms with Gasteiger partial charge in [0.05, 0.1) is 84.9 Å². The predicted molar refractivity (Wildman–Crippen MR) is 294 cm³/mol. The van der Waals surface area contributed by atoms with Crippen LogP contribution in [-0.4, -0.2) is 127 Å². The lowest BCUT2D eigenvalue weighted by molar-refractivity contribution is 0.0291. The summed E-state index contributed by atoms with van der Waals surface area (Å²) >= 11 is 12.7. The van der Waals surface area contributed by atoms with Gasteiger partial charge in [0.2, 0.25) is 11.8 Å². The van der Waals surface area contributed by atoms with Crippen LogP contribution in [0.3, 0.4) is 0 Å². The molecule has 0 saturated carbocycles. The lowest BCUT2D eigenvalue weighted by Gasteiger charge is -2.17. The van der Waals surface area contributed by atoms with Gasteiger partial charge in [0.25, 0.3) is 11.8 Å². The van der Waals surface area contributed by atoms with Crippen LogP contribution in [0.2, 0.25) is 10.0 Å². The molecular weight excluding hydrogens is 1050 g/mol. The summed E-state index contributed by atoms with van der Waals surface area (Å²) in [7, 11) is 6.09. The monoisotopic (exact) mass is 1110 g/mol. The number of rotatable bonds is 24. The third-order valence-corrected chi connectivity index (χ3v) is 12.4. The van der Waals surface area contributed by atoms with E-state index in [4.69, 9.17) is 51.6 Å². The van der Waals surface area contributed by atoms with Crippen molar-refractivity contribution in [2.24, 2.45) is 11.8 Å². The van der Waals surface area contributed by atoms with Gasteiger partial charge in [-0.3, -0.25) is 19.2 Å². The summed E-state index contributed by atoms with van der Waals surface area (Å²) in [6.07, 6.45) is 7.17. The summed E-state index contributed by atoms with van der Waals surface area (Å²) < 4.78 is 37.8.